The summed E-state index contributed by atoms with van der Waals surface area (Å²) in [7, 11) is 0. The van der Waals surface area contributed by atoms with E-state index in [2.05, 4.69) is 26.1 Å². The molecule has 1 unspecified atom stereocenters. The highest BCUT2D eigenvalue weighted by Crippen LogP contribution is 2.24. The lowest BCUT2D eigenvalue weighted by atomic mass is 9.87. The minimum absolute atomic E-state index is 0.0544. The molecule has 3 rings (SSSR count). The number of hydrogen-bond donors (Lipinski definition) is 1. The number of amides is 1. The molecule has 0 aliphatic rings. The van der Waals surface area contributed by atoms with E-state index in [0.29, 0.717) is 16.8 Å². The van der Waals surface area contributed by atoms with Crippen molar-refractivity contribution < 1.29 is 9.21 Å². The highest BCUT2D eigenvalue weighted by molar-refractivity contribution is 5.94. The summed E-state index contributed by atoms with van der Waals surface area (Å²) in [5.41, 5.74) is 3.03. The van der Waals surface area contributed by atoms with E-state index in [4.69, 9.17) is 4.42 Å². The first-order valence-corrected chi connectivity index (χ1v) is 8.29. The fourth-order valence-electron chi connectivity index (χ4n) is 2.77. The third-order valence-corrected chi connectivity index (χ3v) is 4.30. The Morgan fingerprint density at radius 3 is 2.36 bits per heavy atom. The number of carbonyl (C=O) groups excluding carboxylic acids is 1. The maximum atomic E-state index is 12.6. The van der Waals surface area contributed by atoms with Gasteiger partial charge in [-0.2, -0.15) is 0 Å². The Hall–Kier alpha value is -2.82. The van der Waals surface area contributed by atoms with Gasteiger partial charge in [0.25, 0.3) is 0 Å². The number of carbonyl (C=O) groups is 1. The Bertz CT molecular complexity index is 959. The van der Waals surface area contributed by atoms with Crippen molar-refractivity contribution >= 4 is 22.7 Å². The van der Waals surface area contributed by atoms with Crippen molar-refractivity contribution in [3.05, 3.63) is 64.6 Å². The number of fused-ring (bicyclic) bond motifs is 1. The van der Waals surface area contributed by atoms with E-state index < -0.39 is 11.8 Å². The molecule has 1 atom stereocenters. The first kappa shape index (κ1) is 17.0. The zero-order valence-electron chi connectivity index (χ0n) is 14.9. The van der Waals surface area contributed by atoms with Crippen molar-refractivity contribution in [1.82, 2.24) is 4.57 Å². The van der Waals surface area contributed by atoms with Crippen molar-refractivity contribution in [2.24, 2.45) is 0 Å². The summed E-state index contributed by atoms with van der Waals surface area (Å²) in [6, 6.07) is 14.1. The van der Waals surface area contributed by atoms with E-state index in [1.165, 1.54) is 10.1 Å². The summed E-state index contributed by atoms with van der Waals surface area (Å²) in [5, 5.41) is 2.86. The zero-order valence-corrected chi connectivity index (χ0v) is 14.9. The van der Waals surface area contributed by atoms with Gasteiger partial charge in [-0.1, -0.05) is 45.0 Å². The topological polar surface area (TPSA) is 64.2 Å². The number of oxazole rings is 1. The second-order valence-corrected chi connectivity index (χ2v) is 7.20. The largest absolute Gasteiger partial charge is 0.420 e. The SMILES string of the molecule is CC(C(=O)Nc1ccc(C(C)(C)C)cc1)n1c(=O)oc2ccccc21. The van der Waals surface area contributed by atoms with E-state index in [9.17, 15) is 9.59 Å². The number of nitrogens with one attached hydrogen (secondary N) is 1. The van der Waals surface area contributed by atoms with Gasteiger partial charge in [-0.3, -0.25) is 9.36 Å². The van der Waals surface area contributed by atoms with Crippen LogP contribution in [0.15, 0.2) is 57.7 Å². The molecule has 1 heterocycles. The van der Waals surface area contributed by atoms with Crippen LogP contribution in [0.3, 0.4) is 0 Å². The van der Waals surface area contributed by atoms with Crippen LogP contribution < -0.4 is 11.1 Å². The number of hydrogen-bond acceptors (Lipinski definition) is 3. The molecule has 1 aromatic heterocycles. The molecule has 0 spiro atoms. The normalized spacial score (nSPS) is 13.0. The van der Waals surface area contributed by atoms with E-state index in [1.807, 2.05) is 30.3 Å². The quantitative estimate of drug-likeness (QED) is 0.782. The van der Waals surface area contributed by atoms with Crippen molar-refractivity contribution in [1.29, 1.82) is 0 Å². The van der Waals surface area contributed by atoms with Gasteiger partial charge in [-0.15, -0.1) is 0 Å². The third-order valence-electron chi connectivity index (χ3n) is 4.30. The van der Waals surface area contributed by atoms with E-state index in [1.54, 1.807) is 25.1 Å². The molecule has 0 fully saturated rings. The van der Waals surface area contributed by atoms with Crippen LogP contribution in [0.4, 0.5) is 5.69 Å². The van der Waals surface area contributed by atoms with Crippen LogP contribution in [0.1, 0.15) is 39.3 Å². The van der Waals surface area contributed by atoms with E-state index in [0.717, 1.165) is 0 Å². The van der Waals surface area contributed by atoms with Gasteiger partial charge in [-0.25, -0.2) is 4.79 Å². The first-order chi connectivity index (χ1) is 11.8. The number of anilines is 1. The van der Waals surface area contributed by atoms with Crippen LogP contribution >= 0.6 is 0 Å². The number of rotatable bonds is 3. The molecule has 1 amide bonds. The fourth-order valence-corrected chi connectivity index (χ4v) is 2.77. The number of aromatic nitrogens is 1. The molecule has 0 saturated heterocycles. The second-order valence-electron chi connectivity index (χ2n) is 7.20. The van der Waals surface area contributed by atoms with Gasteiger partial charge in [0, 0.05) is 5.69 Å². The maximum absolute atomic E-state index is 12.6. The van der Waals surface area contributed by atoms with Gasteiger partial charge >= 0.3 is 5.76 Å². The van der Waals surface area contributed by atoms with E-state index in [-0.39, 0.29) is 11.3 Å². The minimum atomic E-state index is -0.682. The van der Waals surface area contributed by atoms with E-state index >= 15 is 0 Å². The molecule has 0 radical (unpaired) electrons. The monoisotopic (exact) mass is 338 g/mol. The average molecular weight is 338 g/mol. The predicted octanol–water partition coefficient (Wildman–Crippen LogP) is 4.09. The minimum Gasteiger partial charge on any atom is -0.408 e. The molecule has 0 saturated carbocycles. The lowest BCUT2D eigenvalue weighted by Gasteiger charge is -2.19. The van der Waals surface area contributed by atoms with Gasteiger partial charge in [0.1, 0.15) is 6.04 Å². The fraction of sp³-hybridized carbons (Fsp3) is 0.300. The average Bonchev–Trinajstić information content (AvgIpc) is 2.89. The highest BCUT2D eigenvalue weighted by Gasteiger charge is 2.21. The van der Waals surface area contributed by atoms with Crippen molar-refractivity contribution in [2.75, 3.05) is 5.32 Å². The molecule has 0 aliphatic carbocycles. The van der Waals surface area contributed by atoms with Gasteiger partial charge in [0.15, 0.2) is 5.58 Å². The Labute approximate surface area is 146 Å². The number of nitrogens with zero attached hydrogens (tertiary/aromatic N) is 1. The van der Waals surface area contributed by atoms with Gasteiger partial charge < -0.3 is 9.73 Å². The maximum Gasteiger partial charge on any atom is 0.420 e. The Balaban J connectivity index is 1.83. The van der Waals surface area contributed by atoms with Crippen LogP contribution in [0.25, 0.3) is 11.1 Å². The second kappa shape index (κ2) is 6.24. The summed E-state index contributed by atoms with van der Waals surface area (Å²) < 4.78 is 6.57. The van der Waals surface area contributed by atoms with Gasteiger partial charge in [-0.05, 0) is 42.2 Å². The summed E-state index contributed by atoms with van der Waals surface area (Å²) in [6.45, 7) is 8.10. The standard InChI is InChI=1S/C20H22N2O3/c1-13(22-16-7-5-6-8-17(16)25-19(22)24)18(23)21-15-11-9-14(10-12-15)20(2,3)4/h5-13H,1-4H3,(H,21,23). The third kappa shape index (κ3) is 3.36. The Morgan fingerprint density at radius 2 is 1.72 bits per heavy atom. The predicted molar refractivity (Wildman–Crippen MR) is 99.0 cm³/mol. The molecule has 0 bridgehead atoms. The zero-order chi connectivity index (χ0) is 18.2. The molecule has 25 heavy (non-hydrogen) atoms. The molecular formula is C20H22N2O3. The first-order valence-electron chi connectivity index (χ1n) is 8.29. The highest BCUT2D eigenvalue weighted by atomic mass is 16.4. The molecule has 1 N–H and O–H groups in total. The van der Waals surface area contributed by atoms with Crippen molar-refractivity contribution in [2.45, 2.75) is 39.2 Å². The number of para-hydroxylation sites is 2. The van der Waals surface area contributed by atoms with Gasteiger partial charge in [0.2, 0.25) is 5.91 Å². The van der Waals surface area contributed by atoms with Crippen LogP contribution in [0.5, 0.6) is 0 Å². The lowest BCUT2D eigenvalue weighted by molar-refractivity contribution is -0.118. The summed E-state index contributed by atoms with van der Waals surface area (Å²) in [4.78, 5) is 24.7. The molecule has 5 heteroatoms. The molecule has 2 aromatic carbocycles. The molecular weight excluding hydrogens is 316 g/mol. The molecule has 5 nitrogen and oxygen atoms in total. The van der Waals surface area contributed by atoms with Crippen molar-refractivity contribution in [3.63, 3.8) is 0 Å². The van der Waals surface area contributed by atoms with Crippen LogP contribution in [-0.4, -0.2) is 10.5 Å². The Morgan fingerprint density at radius 1 is 1.08 bits per heavy atom. The molecule has 3 aromatic rings. The lowest BCUT2D eigenvalue weighted by Crippen LogP contribution is -2.29. The smallest absolute Gasteiger partial charge is 0.408 e. The molecule has 0 aliphatic heterocycles. The van der Waals surface area contributed by atoms with Crippen molar-refractivity contribution in [3.8, 4) is 0 Å². The van der Waals surface area contributed by atoms with Crippen LogP contribution in [0, 0.1) is 0 Å². The molecule has 130 valence electrons. The summed E-state index contributed by atoms with van der Waals surface area (Å²) in [6.07, 6.45) is 0. The summed E-state index contributed by atoms with van der Waals surface area (Å²) >= 11 is 0. The summed E-state index contributed by atoms with van der Waals surface area (Å²) in [5.74, 6) is -0.802. The number of benzene rings is 2. The van der Waals surface area contributed by atoms with Crippen LogP contribution in [0.2, 0.25) is 0 Å². The van der Waals surface area contributed by atoms with Gasteiger partial charge in [0.05, 0.1) is 5.52 Å². The van der Waals surface area contributed by atoms with Crippen LogP contribution in [-0.2, 0) is 10.2 Å². The Kier molecular flexibility index (Phi) is 4.25.